The number of carboxylic acids is 1. The minimum absolute atomic E-state index is 0.127. The second-order valence-electron chi connectivity index (χ2n) is 11.6. The molecule has 0 radical (unpaired) electrons. The van der Waals surface area contributed by atoms with Gasteiger partial charge in [0, 0.05) is 7.05 Å². The van der Waals surface area contributed by atoms with Gasteiger partial charge in [0.15, 0.2) is 9.84 Å². The Balaban J connectivity index is 1.57. The first kappa shape index (κ1) is 38.7. The third-order valence-electron chi connectivity index (χ3n) is 7.93. The monoisotopic (exact) mass is 731 g/mol. The second-order valence-corrected chi connectivity index (χ2v) is 17.8. The molecular formula is C31H45N3O9S4. The number of aromatic nitrogens is 1. The van der Waals surface area contributed by atoms with E-state index in [1.807, 2.05) is 4.83 Å². The Morgan fingerprint density at radius 2 is 1.32 bits per heavy atom. The van der Waals surface area contributed by atoms with E-state index >= 15 is 0 Å². The number of rotatable bonds is 21. The first-order valence-corrected chi connectivity index (χ1v) is 21.3. The number of carbonyl (C=O) groups is 1. The zero-order valence-corrected chi connectivity index (χ0v) is 30.1. The van der Waals surface area contributed by atoms with Crippen LogP contribution in [0.4, 0.5) is 0 Å². The molecule has 0 spiro atoms. The van der Waals surface area contributed by atoms with Gasteiger partial charge in [0.2, 0.25) is 4.80 Å². The Kier molecular flexibility index (Phi) is 14.4. The van der Waals surface area contributed by atoms with Gasteiger partial charge in [-0.25, -0.2) is 13.2 Å². The zero-order chi connectivity index (χ0) is 34.7. The van der Waals surface area contributed by atoms with Crippen LogP contribution in [0.25, 0.3) is 10.2 Å². The van der Waals surface area contributed by atoms with Crippen LogP contribution in [0, 0.1) is 0 Å². The number of nitrogens with one attached hydrogen (secondary N) is 1. The highest BCUT2D eigenvalue weighted by atomic mass is 32.2. The molecule has 0 unspecified atom stereocenters. The lowest BCUT2D eigenvalue weighted by atomic mass is 10.0. The molecule has 0 fully saturated rings. The zero-order valence-electron chi connectivity index (χ0n) is 26.9. The lowest BCUT2D eigenvalue weighted by molar-refractivity contribution is 0.0692. The lowest BCUT2D eigenvalue weighted by Crippen LogP contribution is -2.24. The van der Waals surface area contributed by atoms with E-state index in [1.165, 1.54) is 87.6 Å². The van der Waals surface area contributed by atoms with Crippen LogP contribution in [-0.4, -0.2) is 51.2 Å². The molecule has 3 N–H and O–H groups in total. The van der Waals surface area contributed by atoms with E-state index in [0.29, 0.717) is 23.1 Å². The van der Waals surface area contributed by atoms with Crippen LogP contribution in [0.2, 0.25) is 0 Å². The number of unbranched alkanes of at least 4 members (excludes halogenated alkanes) is 13. The summed E-state index contributed by atoms with van der Waals surface area (Å²) in [5, 5.41) is 13.6. The Hall–Kier alpha value is -2.79. The number of nitrogens with zero attached hydrogens (tertiary/aromatic N) is 2. The van der Waals surface area contributed by atoms with Gasteiger partial charge >= 0.3 is 5.97 Å². The van der Waals surface area contributed by atoms with Crippen molar-refractivity contribution in [3.63, 3.8) is 0 Å². The summed E-state index contributed by atoms with van der Waals surface area (Å²) >= 11 is 1.03. The maximum absolute atomic E-state index is 13.1. The highest BCUT2D eigenvalue weighted by Gasteiger charge is 2.25. The average molecular weight is 732 g/mol. The Morgan fingerprint density at radius 1 is 0.787 bits per heavy atom. The predicted molar refractivity (Wildman–Crippen MR) is 182 cm³/mol. The first-order valence-electron chi connectivity index (χ1n) is 15.9. The summed E-state index contributed by atoms with van der Waals surface area (Å²) in [6.07, 6.45) is 15.6. The molecule has 0 amide bonds. The van der Waals surface area contributed by atoms with Gasteiger partial charge < -0.3 is 9.67 Å². The standard InChI is InChI=1S/C31H45N3O9S4/c1-3-4-5-6-7-8-9-10-11-12-13-14-15-16-21-45(37,38)29-20-18-24(22-26(29)30(35)36)46(39,40)33-32-31-34(2)27-23-25(47(41,42)43)17-19-28(27)44-31/h17-20,22-23,33H,3-16,21H2,1-2H3,(H,35,36)(H,41,42,43)/b32-31-. The lowest BCUT2D eigenvalue weighted by Gasteiger charge is -2.10. The van der Waals surface area contributed by atoms with Crippen molar-refractivity contribution in [1.29, 1.82) is 0 Å². The van der Waals surface area contributed by atoms with Gasteiger partial charge in [0.05, 0.1) is 36.2 Å². The normalized spacial score (nSPS) is 13.0. The number of sulfone groups is 1. The van der Waals surface area contributed by atoms with Crippen molar-refractivity contribution >= 4 is 57.5 Å². The highest BCUT2D eigenvalue weighted by Crippen LogP contribution is 2.24. The van der Waals surface area contributed by atoms with Gasteiger partial charge in [-0.15, -0.1) is 5.10 Å². The fraction of sp³-hybridized carbons (Fsp3) is 0.548. The maximum atomic E-state index is 13.1. The second kappa shape index (κ2) is 17.6. The SMILES string of the molecule is CCCCCCCCCCCCCCCCS(=O)(=O)c1ccc(S(=O)(=O)N/N=c2\sc3ccc(S(=O)(=O)O)cc3n2C)cc1C(=O)O. The summed E-state index contributed by atoms with van der Waals surface area (Å²) in [4.78, 5) is 12.9. The van der Waals surface area contributed by atoms with Crippen LogP contribution in [0.1, 0.15) is 107 Å². The molecule has 0 saturated carbocycles. The van der Waals surface area contributed by atoms with Crippen molar-refractivity contribution in [2.75, 3.05) is 5.75 Å². The molecule has 0 aliphatic carbocycles. The van der Waals surface area contributed by atoms with Crippen molar-refractivity contribution in [1.82, 2.24) is 9.40 Å². The summed E-state index contributed by atoms with van der Waals surface area (Å²) in [6, 6.07) is 6.66. The van der Waals surface area contributed by atoms with Crippen LogP contribution < -0.4 is 9.63 Å². The van der Waals surface area contributed by atoms with Crippen molar-refractivity contribution in [3.05, 3.63) is 46.8 Å². The van der Waals surface area contributed by atoms with Gasteiger partial charge in [0.25, 0.3) is 20.1 Å². The van der Waals surface area contributed by atoms with Gasteiger partial charge in [-0.05, 0) is 42.8 Å². The fourth-order valence-corrected chi connectivity index (χ4v) is 9.15. The highest BCUT2D eigenvalue weighted by molar-refractivity contribution is 7.91. The number of hydrogen-bond acceptors (Lipinski definition) is 9. The van der Waals surface area contributed by atoms with E-state index in [2.05, 4.69) is 12.0 Å². The molecule has 0 aliphatic heterocycles. The number of aromatic carboxylic acids is 1. The van der Waals surface area contributed by atoms with Crippen LogP contribution >= 0.6 is 11.3 Å². The van der Waals surface area contributed by atoms with Gasteiger partial charge in [-0.3, -0.25) is 4.55 Å². The molecule has 12 nitrogen and oxygen atoms in total. The van der Waals surface area contributed by atoms with Crippen LogP contribution in [0.5, 0.6) is 0 Å². The topological polar surface area (TPSA) is 189 Å². The number of thiazole rings is 1. The Bertz CT molecular complexity index is 1910. The van der Waals surface area contributed by atoms with E-state index < -0.39 is 51.3 Å². The minimum atomic E-state index is -4.46. The molecule has 0 aliphatic rings. The number of benzene rings is 2. The fourth-order valence-electron chi connectivity index (χ4n) is 5.24. The molecular weight excluding hydrogens is 687 g/mol. The summed E-state index contributed by atoms with van der Waals surface area (Å²) in [5.41, 5.74) is -0.284. The molecule has 0 atom stereocenters. The summed E-state index contributed by atoms with van der Waals surface area (Å²) in [6.45, 7) is 2.22. The average Bonchev–Trinajstić information content (AvgIpc) is 3.34. The predicted octanol–water partition coefficient (Wildman–Crippen LogP) is 6.23. The summed E-state index contributed by atoms with van der Waals surface area (Å²) in [7, 11) is -11.4. The van der Waals surface area contributed by atoms with Crippen LogP contribution in [0.15, 0.2) is 56.2 Å². The molecule has 3 rings (SSSR count). The van der Waals surface area contributed by atoms with Crippen molar-refractivity contribution in [3.8, 4) is 0 Å². The molecule has 1 heterocycles. The Morgan fingerprint density at radius 3 is 1.85 bits per heavy atom. The maximum Gasteiger partial charge on any atom is 0.337 e. The quantitative estimate of drug-likeness (QED) is 0.0648. The molecule has 3 aromatic rings. The van der Waals surface area contributed by atoms with Crippen molar-refractivity contribution in [2.45, 2.75) is 112 Å². The van der Waals surface area contributed by atoms with E-state index in [0.717, 1.165) is 48.8 Å². The smallest absolute Gasteiger partial charge is 0.337 e. The number of aryl methyl sites for hydroxylation is 1. The molecule has 0 saturated heterocycles. The molecule has 262 valence electrons. The Labute approximate surface area is 281 Å². The number of hydrogen-bond donors (Lipinski definition) is 3. The van der Waals surface area contributed by atoms with E-state index in [9.17, 15) is 39.7 Å². The number of carboxylic acid groups (broad SMARTS) is 1. The third-order valence-corrected chi connectivity index (χ3v) is 13.0. The molecule has 2 aromatic carbocycles. The molecule has 16 heteroatoms. The number of sulfonamides is 1. The van der Waals surface area contributed by atoms with Crippen LogP contribution in [0.3, 0.4) is 0 Å². The minimum Gasteiger partial charge on any atom is -0.478 e. The van der Waals surface area contributed by atoms with Gasteiger partial charge in [-0.1, -0.05) is 102 Å². The third kappa shape index (κ3) is 11.4. The summed E-state index contributed by atoms with van der Waals surface area (Å²) < 4.78 is 86.4. The van der Waals surface area contributed by atoms with Gasteiger partial charge in [0.1, 0.15) is 0 Å². The largest absolute Gasteiger partial charge is 0.478 e. The van der Waals surface area contributed by atoms with Crippen molar-refractivity contribution in [2.24, 2.45) is 12.1 Å². The van der Waals surface area contributed by atoms with Crippen LogP contribution in [-0.2, 0) is 37.0 Å². The molecule has 47 heavy (non-hydrogen) atoms. The summed E-state index contributed by atoms with van der Waals surface area (Å²) in [5.74, 6) is -1.82. The van der Waals surface area contributed by atoms with Gasteiger partial charge in [-0.2, -0.15) is 21.7 Å². The van der Waals surface area contributed by atoms with Crippen molar-refractivity contribution < 1.29 is 39.7 Å². The first-order chi connectivity index (χ1) is 22.2. The number of fused-ring (bicyclic) bond motifs is 1. The molecule has 0 bridgehead atoms. The van der Waals surface area contributed by atoms with E-state index in [4.69, 9.17) is 0 Å². The van der Waals surface area contributed by atoms with E-state index in [1.54, 1.807) is 0 Å². The molecule has 1 aromatic heterocycles. The van der Waals surface area contributed by atoms with E-state index in [-0.39, 0.29) is 15.4 Å².